The van der Waals surface area contributed by atoms with Crippen LogP contribution in [0.2, 0.25) is 5.02 Å². The Bertz CT molecular complexity index is 732. The molecule has 1 aromatic heterocycles. The molecule has 0 fully saturated rings. The molecule has 0 spiro atoms. The second kappa shape index (κ2) is 6.45. The molecule has 0 N–H and O–H groups in total. The van der Waals surface area contributed by atoms with Gasteiger partial charge in [-0.05, 0) is 11.6 Å². The van der Waals surface area contributed by atoms with Crippen molar-refractivity contribution in [2.24, 2.45) is 0 Å². The average Bonchev–Trinajstić information content (AvgIpc) is 2.93. The predicted molar refractivity (Wildman–Crippen MR) is 81.7 cm³/mol. The molecule has 2 aromatic rings. The summed E-state index contributed by atoms with van der Waals surface area (Å²) in [4.78, 5) is 18.0. The molecule has 8 heteroatoms. The number of likely N-dealkylation sites (N-methyl/N-ethyl adjacent to an activating group) is 1. The van der Waals surface area contributed by atoms with Crippen LogP contribution in [0.3, 0.4) is 0 Å². The van der Waals surface area contributed by atoms with Crippen molar-refractivity contribution in [1.82, 2.24) is 15.0 Å². The van der Waals surface area contributed by atoms with Crippen LogP contribution in [-0.2, 0) is 17.8 Å². The highest BCUT2D eigenvalue weighted by atomic mass is 35.5. The number of halogens is 1. The quantitative estimate of drug-likeness (QED) is 0.849. The summed E-state index contributed by atoms with van der Waals surface area (Å²) in [6.45, 7) is 2.96. The molecule has 0 bridgehead atoms. The van der Waals surface area contributed by atoms with E-state index in [1.54, 1.807) is 26.1 Å². The van der Waals surface area contributed by atoms with Crippen LogP contribution in [0.5, 0.6) is 11.5 Å². The Morgan fingerprint density at radius 3 is 2.65 bits per heavy atom. The standard InChI is InChI=1S/C15H16ClN3O4/c1-9-17-14(18-23-9)8-19(2)15(20)6-10-5-12-13(7-11(10)16)22-4-3-21-12/h5,7H,3-4,6,8H2,1-2H3. The fourth-order valence-electron chi connectivity index (χ4n) is 2.25. The van der Waals surface area contributed by atoms with Gasteiger partial charge in [-0.15, -0.1) is 0 Å². The summed E-state index contributed by atoms with van der Waals surface area (Å²) in [5.74, 6) is 2.04. The molecule has 2 heterocycles. The Balaban J connectivity index is 1.69. The van der Waals surface area contributed by atoms with Crippen LogP contribution in [0, 0.1) is 6.92 Å². The van der Waals surface area contributed by atoms with Gasteiger partial charge in [-0.1, -0.05) is 16.8 Å². The van der Waals surface area contributed by atoms with E-state index >= 15 is 0 Å². The Kier molecular flexibility index (Phi) is 4.38. The number of hydrogen-bond acceptors (Lipinski definition) is 6. The summed E-state index contributed by atoms with van der Waals surface area (Å²) in [5.41, 5.74) is 0.692. The number of nitrogens with zero attached hydrogens (tertiary/aromatic N) is 3. The number of fused-ring (bicyclic) bond motifs is 1. The smallest absolute Gasteiger partial charge is 0.227 e. The Labute approximate surface area is 138 Å². The van der Waals surface area contributed by atoms with E-state index in [1.165, 1.54) is 4.90 Å². The number of carbonyl (C=O) groups is 1. The SMILES string of the molecule is Cc1nc(CN(C)C(=O)Cc2cc3c(cc2Cl)OCCO3)no1. The number of carbonyl (C=O) groups excluding carboxylic acids is 1. The van der Waals surface area contributed by atoms with Gasteiger partial charge in [-0.2, -0.15) is 4.98 Å². The van der Waals surface area contributed by atoms with Crippen molar-refractivity contribution >= 4 is 17.5 Å². The topological polar surface area (TPSA) is 77.7 Å². The minimum Gasteiger partial charge on any atom is -0.486 e. The zero-order chi connectivity index (χ0) is 16.4. The van der Waals surface area contributed by atoms with Gasteiger partial charge in [-0.25, -0.2) is 0 Å². The third kappa shape index (κ3) is 3.56. The normalized spacial score (nSPS) is 13.0. The molecule has 1 amide bonds. The van der Waals surface area contributed by atoms with Crippen LogP contribution in [-0.4, -0.2) is 41.2 Å². The second-order valence-corrected chi connectivity index (χ2v) is 5.65. The number of rotatable bonds is 4. The lowest BCUT2D eigenvalue weighted by Crippen LogP contribution is -2.28. The number of benzene rings is 1. The Hall–Kier alpha value is -2.28. The first-order valence-corrected chi connectivity index (χ1v) is 7.52. The summed E-state index contributed by atoms with van der Waals surface area (Å²) >= 11 is 6.23. The van der Waals surface area contributed by atoms with Crippen molar-refractivity contribution in [3.05, 3.63) is 34.4 Å². The Morgan fingerprint density at radius 2 is 2.00 bits per heavy atom. The van der Waals surface area contributed by atoms with Crippen molar-refractivity contribution in [3.8, 4) is 11.5 Å². The van der Waals surface area contributed by atoms with Gasteiger partial charge in [0.15, 0.2) is 17.3 Å². The number of amides is 1. The summed E-state index contributed by atoms with van der Waals surface area (Å²) in [7, 11) is 1.68. The first-order valence-electron chi connectivity index (χ1n) is 7.14. The third-order valence-electron chi connectivity index (χ3n) is 3.43. The fraction of sp³-hybridized carbons (Fsp3) is 0.400. The maximum atomic E-state index is 12.4. The average molecular weight is 338 g/mol. The molecule has 1 aliphatic heterocycles. The molecule has 0 atom stereocenters. The highest BCUT2D eigenvalue weighted by molar-refractivity contribution is 6.31. The molecule has 0 unspecified atom stereocenters. The summed E-state index contributed by atoms with van der Waals surface area (Å²) in [6.07, 6.45) is 0.156. The lowest BCUT2D eigenvalue weighted by molar-refractivity contribution is -0.129. The van der Waals surface area contributed by atoms with E-state index in [4.69, 9.17) is 25.6 Å². The minimum atomic E-state index is -0.106. The molecule has 1 aliphatic rings. The third-order valence-corrected chi connectivity index (χ3v) is 3.78. The molecule has 3 rings (SSSR count). The van der Waals surface area contributed by atoms with E-state index in [9.17, 15) is 4.79 Å². The van der Waals surface area contributed by atoms with Gasteiger partial charge < -0.3 is 18.9 Å². The van der Waals surface area contributed by atoms with E-state index in [2.05, 4.69) is 10.1 Å². The monoisotopic (exact) mass is 337 g/mol. The Morgan fingerprint density at radius 1 is 1.30 bits per heavy atom. The zero-order valence-electron chi connectivity index (χ0n) is 12.8. The molecular formula is C15H16ClN3O4. The van der Waals surface area contributed by atoms with Gasteiger partial charge in [0.25, 0.3) is 0 Å². The van der Waals surface area contributed by atoms with E-state index in [-0.39, 0.29) is 18.9 Å². The largest absolute Gasteiger partial charge is 0.486 e. The van der Waals surface area contributed by atoms with Crippen molar-refractivity contribution in [3.63, 3.8) is 0 Å². The molecule has 1 aromatic carbocycles. The maximum absolute atomic E-state index is 12.4. The number of aromatic nitrogens is 2. The number of ether oxygens (including phenoxy) is 2. The van der Waals surface area contributed by atoms with Crippen molar-refractivity contribution in [1.29, 1.82) is 0 Å². The van der Waals surface area contributed by atoms with Gasteiger partial charge in [0.2, 0.25) is 11.8 Å². The lowest BCUT2D eigenvalue weighted by Gasteiger charge is -2.20. The number of hydrogen-bond donors (Lipinski definition) is 0. The molecule has 0 radical (unpaired) electrons. The summed E-state index contributed by atoms with van der Waals surface area (Å²) in [6, 6.07) is 3.43. The molecule has 0 saturated carbocycles. The van der Waals surface area contributed by atoms with Crippen LogP contribution in [0.25, 0.3) is 0 Å². The van der Waals surface area contributed by atoms with Gasteiger partial charge >= 0.3 is 0 Å². The highest BCUT2D eigenvalue weighted by Crippen LogP contribution is 2.35. The van der Waals surface area contributed by atoms with Crippen molar-refractivity contribution in [2.45, 2.75) is 19.9 Å². The maximum Gasteiger partial charge on any atom is 0.227 e. The predicted octanol–water partition coefficient (Wildman–Crippen LogP) is 2.00. The molecule has 7 nitrogen and oxygen atoms in total. The molecule has 0 saturated heterocycles. The molecular weight excluding hydrogens is 322 g/mol. The van der Waals surface area contributed by atoms with Gasteiger partial charge in [0, 0.05) is 25.1 Å². The summed E-state index contributed by atoms with van der Waals surface area (Å²) in [5, 5.41) is 4.26. The second-order valence-electron chi connectivity index (χ2n) is 5.24. The van der Waals surface area contributed by atoms with Crippen LogP contribution in [0.15, 0.2) is 16.7 Å². The van der Waals surface area contributed by atoms with E-state index in [0.29, 0.717) is 47.0 Å². The molecule has 0 aliphatic carbocycles. The van der Waals surface area contributed by atoms with Crippen LogP contribution in [0.1, 0.15) is 17.3 Å². The number of aryl methyl sites for hydroxylation is 1. The van der Waals surface area contributed by atoms with Crippen LogP contribution >= 0.6 is 11.6 Å². The lowest BCUT2D eigenvalue weighted by atomic mass is 10.1. The summed E-state index contributed by atoms with van der Waals surface area (Å²) < 4.78 is 15.9. The van der Waals surface area contributed by atoms with E-state index < -0.39 is 0 Å². The van der Waals surface area contributed by atoms with E-state index in [1.807, 2.05) is 0 Å². The van der Waals surface area contributed by atoms with Gasteiger partial charge in [-0.3, -0.25) is 4.79 Å². The first kappa shape index (κ1) is 15.6. The zero-order valence-corrected chi connectivity index (χ0v) is 13.6. The van der Waals surface area contributed by atoms with E-state index in [0.717, 1.165) is 0 Å². The van der Waals surface area contributed by atoms with Gasteiger partial charge in [0.05, 0.1) is 13.0 Å². The van der Waals surface area contributed by atoms with Crippen molar-refractivity contribution in [2.75, 3.05) is 20.3 Å². The highest BCUT2D eigenvalue weighted by Gasteiger charge is 2.19. The van der Waals surface area contributed by atoms with Gasteiger partial charge in [0.1, 0.15) is 13.2 Å². The van der Waals surface area contributed by atoms with Crippen LogP contribution in [0.4, 0.5) is 0 Å². The first-order chi connectivity index (χ1) is 11.0. The molecule has 23 heavy (non-hydrogen) atoms. The molecule has 122 valence electrons. The van der Waals surface area contributed by atoms with Crippen LogP contribution < -0.4 is 9.47 Å². The fourth-order valence-corrected chi connectivity index (χ4v) is 2.47. The minimum absolute atomic E-state index is 0.106. The van der Waals surface area contributed by atoms with Crippen molar-refractivity contribution < 1.29 is 18.8 Å².